The van der Waals surface area contributed by atoms with Crippen LogP contribution >= 0.6 is 0 Å². The summed E-state index contributed by atoms with van der Waals surface area (Å²) in [7, 11) is 0. The lowest BCUT2D eigenvalue weighted by atomic mass is 10.3. The Kier molecular flexibility index (Phi) is 2.78. The molecule has 1 aromatic rings. The predicted molar refractivity (Wildman–Crippen MR) is 36.6 cm³/mol. The maximum Gasteiger partial charge on any atom is 0.125 e. The Balaban J connectivity index is 0.000000640. The molecular formula is C6H6BFN. The molecule has 0 heterocycles. The third-order valence-corrected chi connectivity index (χ3v) is 0.849. The lowest BCUT2D eigenvalue weighted by Crippen LogP contribution is -1.83. The molecule has 2 N–H and O–H groups in total. The Labute approximate surface area is 55.3 Å². The Hall–Kier alpha value is -0.985. The monoisotopic (exact) mass is 122 g/mol. The van der Waals surface area contributed by atoms with E-state index in [-0.39, 0.29) is 14.2 Å². The van der Waals surface area contributed by atoms with E-state index in [1.54, 1.807) is 12.1 Å². The highest BCUT2D eigenvalue weighted by Gasteiger charge is 1.85. The number of hydrogen-bond acceptors (Lipinski definition) is 1. The molecule has 0 aliphatic rings. The molecule has 3 heteroatoms. The Bertz CT molecular complexity index is 173. The van der Waals surface area contributed by atoms with E-state index >= 15 is 0 Å². The van der Waals surface area contributed by atoms with Crippen molar-refractivity contribution >= 4 is 14.1 Å². The van der Waals surface area contributed by atoms with Crippen LogP contribution in [-0.2, 0) is 0 Å². The van der Waals surface area contributed by atoms with Crippen LogP contribution in [0, 0.1) is 5.82 Å². The van der Waals surface area contributed by atoms with Crippen molar-refractivity contribution in [3.63, 3.8) is 0 Å². The molecule has 1 aromatic carbocycles. The summed E-state index contributed by atoms with van der Waals surface area (Å²) in [5.41, 5.74) is 5.68. The van der Waals surface area contributed by atoms with E-state index in [2.05, 4.69) is 0 Å². The normalized spacial score (nSPS) is 8.11. The topological polar surface area (TPSA) is 26.0 Å². The second kappa shape index (κ2) is 3.12. The van der Waals surface area contributed by atoms with E-state index in [9.17, 15) is 4.39 Å². The van der Waals surface area contributed by atoms with Gasteiger partial charge in [0.15, 0.2) is 0 Å². The van der Waals surface area contributed by atoms with Crippen LogP contribution in [0.5, 0.6) is 0 Å². The first-order valence-corrected chi connectivity index (χ1v) is 2.30. The Morgan fingerprint density at radius 3 is 2.33 bits per heavy atom. The lowest BCUT2D eigenvalue weighted by Gasteiger charge is -1.88. The van der Waals surface area contributed by atoms with Crippen LogP contribution in [0.15, 0.2) is 24.3 Å². The summed E-state index contributed by atoms with van der Waals surface area (Å²) in [5.74, 6) is -0.287. The summed E-state index contributed by atoms with van der Waals surface area (Å²) >= 11 is 0. The van der Waals surface area contributed by atoms with Gasteiger partial charge in [-0.2, -0.15) is 0 Å². The van der Waals surface area contributed by atoms with Gasteiger partial charge in [0.1, 0.15) is 5.82 Å². The van der Waals surface area contributed by atoms with Crippen LogP contribution in [0.25, 0.3) is 0 Å². The van der Waals surface area contributed by atoms with Gasteiger partial charge in [-0.1, -0.05) is 6.07 Å². The van der Waals surface area contributed by atoms with Crippen molar-refractivity contribution in [2.75, 3.05) is 5.73 Å². The first kappa shape index (κ1) is 8.01. The fourth-order valence-electron chi connectivity index (χ4n) is 0.507. The second-order valence-corrected chi connectivity index (χ2v) is 1.56. The highest BCUT2D eigenvalue weighted by Crippen LogP contribution is 2.02. The minimum atomic E-state index is -0.287. The van der Waals surface area contributed by atoms with E-state index in [0.29, 0.717) is 5.69 Å². The Morgan fingerprint density at radius 1 is 1.33 bits per heavy atom. The predicted octanol–water partition coefficient (Wildman–Crippen LogP) is 1.03. The van der Waals surface area contributed by atoms with Crippen molar-refractivity contribution in [3.8, 4) is 0 Å². The molecule has 0 spiro atoms. The minimum Gasteiger partial charge on any atom is -0.399 e. The number of nitrogens with two attached hydrogens (primary N) is 1. The molecule has 0 unspecified atom stereocenters. The summed E-state index contributed by atoms with van der Waals surface area (Å²) in [6.45, 7) is 0. The molecule has 0 aliphatic heterocycles. The van der Waals surface area contributed by atoms with Gasteiger partial charge in [0.2, 0.25) is 0 Å². The van der Waals surface area contributed by atoms with E-state index in [1.165, 1.54) is 12.1 Å². The van der Waals surface area contributed by atoms with Gasteiger partial charge in [0.05, 0.1) is 0 Å². The standard InChI is InChI=1S/C6H6FN.B/c7-5-2-1-3-6(8)4-5;/h1-4H,8H2;. The van der Waals surface area contributed by atoms with Crippen LogP contribution in [0.3, 0.4) is 0 Å². The SMILES string of the molecule is Nc1cccc(F)c1.[B]. The molecule has 0 bridgehead atoms. The quantitative estimate of drug-likeness (QED) is 0.403. The summed E-state index contributed by atoms with van der Waals surface area (Å²) in [6, 6.07) is 5.85. The number of hydrogen-bond donors (Lipinski definition) is 1. The van der Waals surface area contributed by atoms with Gasteiger partial charge in [-0.3, -0.25) is 0 Å². The zero-order valence-corrected chi connectivity index (χ0v) is 4.84. The average molecular weight is 122 g/mol. The summed E-state index contributed by atoms with van der Waals surface area (Å²) in [4.78, 5) is 0. The number of anilines is 1. The summed E-state index contributed by atoms with van der Waals surface area (Å²) in [5, 5.41) is 0. The van der Waals surface area contributed by atoms with E-state index in [1.807, 2.05) is 0 Å². The van der Waals surface area contributed by atoms with Gasteiger partial charge >= 0.3 is 0 Å². The fourth-order valence-corrected chi connectivity index (χ4v) is 0.507. The molecule has 3 radical (unpaired) electrons. The van der Waals surface area contributed by atoms with Gasteiger partial charge in [-0.15, -0.1) is 0 Å². The van der Waals surface area contributed by atoms with Crippen LogP contribution in [0.2, 0.25) is 0 Å². The molecule has 0 fully saturated rings. The van der Waals surface area contributed by atoms with Gasteiger partial charge < -0.3 is 5.73 Å². The highest BCUT2D eigenvalue weighted by molar-refractivity contribution is 5.75. The summed E-state index contributed by atoms with van der Waals surface area (Å²) in [6.07, 6.45) is 0. The first-order chi connectivity index (χ1) is 3.79. The molecule has 9 heavy (non-hydrogen) atoms. The minimum absolute atomic E-state index is 0. The lowest BCUT2D eigenvalue weighted by molar-refractivity contribution is 0.628. The van der Waals surface area contributed by atoms with Gasteiger partial charge in [0, 0.05) is 14.1 Å². The largest absolute Gasteiger partial charge is 0.399 e. The van der Waals surface area contributed by atoms with Crippen LogP contribution in [0.4, 0.5) is 10.1 Å². The summed E-state index contributed by atoms with van der Waals surface area (Å²) < 4.78 is 12.1. The molecule has 0 aliphatic carbocycles. The van der Waals surface area contributed by atoms with Crippen molar-refractivity contribution < 1.29 is 4.39 Å². The molecular weight excluding hydrogens is 116 g/mol. The first-order valence-electron chi connectivity index (χ1n) is 2.30. The smallest absolute Gasteiger partial charge is 0.125 e. The van der Waals surface area contributed by atoms with Gasteiger partial charge in [0.25, 0.3) is 0 Å². The zero-order valence-electron chi connectivity index (χ0n) is 4.84. The second-order valence-electron chi connectivity index (χ2n) is 1.56. The number of rotatable bonds is 0. The van der Waals surface area contributed by atoms with Gasteiger partial charge in [-0.25, -0.2) is 4.39 Å². The highest BCUT2D eigenvalue weighted by atomic mass is 19.1. The van der Waals surface area contributed by atoms with E-state index in [0.717, 1.165) is 0 Å². The molecule has 1 nitrogen and oxygen atoms in total. The molecule has 0 amide bonds. The van der Waals surface area contributed by atoms with Crippen LogP contribution in [0.1, 0.15) is 0 Å². The van der Waals surface area contributed by atoms with Crippen molar-refractivity contribution in [1.82, 2.24) is 0 Å². The van der Waals surface area contributed by atoms with Crippen molar-refractivity contribution in [3.05, 3.63) is 30.1 Å². The third kappa shape index (κ3) is 2.17. The average Bonchev–Trinajstić information content (AvgIpc) is 1.64. The molecule has 0 saturated carbocycles. The van der Waals surface area contributed by atoms with Crippen LogP contribution < -0.4 is 5.73 Å². The molecule has 0 saturated heterocycles. The Morgan fingerprint density at radius 2 is 2.00 bits per heavy atom. The number of benzene rings is 1. The maximum absolute atomic E-state index is 12.1. The number of nitrogen functional groups attached to an aromatic ring is 1. The van der Waals surface area contributed by atoms with Crippen molar-refractivity contribution in [2.24, 2.45) is 0 Å². The third-order valence-electron chi connectivity index (χ3n) is 0.849. The number of halogens is 1. The fraction of sp³-hybridized carbons (Fsp3) is 0. The van der Waals surface area contributed by atoms with E-state index < -0.39 is 0 Å². The molecule has 0 aromatic heterocycles. The van der Waals surface area contributed by atoms with Crippen molar-refractivity contribution in [1.29, 1.82) is 0 Å². The molecule has 1 rings (SSSR count). The van der Waals surface area contributed by atoms with Crippen molar-refractivity contribution in [2.45, 2.75) is 0 Å². The van der Waals surface area contributed by atoms with Gasteiger partial charge in [-0.05, 0) is 18.2 Å². The maximum atomic E-state index is 12.1. The van der Waals surface area contributed by atoms with E-state index in [4.69, 9.17) is 5.73 Å². The van der Waals surface area contributed by atoms with Crippen LogP contribution in [-0.4, -0.2) is 8.41 Å². The molecule has 45 valence electrons. The zero-order chi connectivity index (χ0) is 5.98. The molecule has 0 atom stereocenters.